The van der Waals surface area contributed by atoms with Gasteiger partial charge in [-0.15, -0.1) is 0 Å². The summed E-state index contributed by atoms with van der Waals surface area (Å²) in [5.41, 5.74) is -1.35. The molecule has 1 atom stereocenters. The van der Waals surface area contributed by atoms with Crippen LogP contribution in [-0.2, 0) is 26.5 Å². The van der Waals surface area contributed by atoms with Crippen molar-refractivity contribution in [2.75, 3.05) is 25.5 Å². The average molecular weight is 498 g/mol. The number of aromatic hydroxyl groups is 2. The van der Waals surface area contributed by atoms with Crippen molar-refractivity contribution in [1.82, 2.24) is 20.1 Å². The van der Waals surface area contributed by atoms with Crippen LogP contribution in [0.2, 0.25) is 0 Å². The highest BCUT2D eigenvalue weighted by Crippen LogP contribution is 2.57. The summed E-state index contributed by atoms with van der Waals surface area (Å²) in [5, 5.41) is 31.5. The second kappa shape index (κ2) is 9.11. The number of ether oxygens (including phenoxy) is 2. The Kier molecular flexibility index (Phi) is 6.31. The van der Waals surface area contributed by atoms with E-state index in [1.807, 2.05) is 0 Å². The molecule has 2 heterocycles. The van der Waals surface area contributed by atoms with E-state index in [1.165, 1.54) is 37.9 Å². The maximum Gasteiger partial charge on any atom is 0.223 e. The van der Waals surface area contributed by atoms with Crippen LogP contribution < -0.4 is 15.4 Å². The van der Waals surface area contributed by atoms with Crippen molar-refractivity contribution in [3.63, 3.8) is 0 Å². The van der Waals surface area contributed by atoms with Gasteiger partial charge in [-0.05, 0) is 27.7 Å². The molecule has 0 radical (unpaired) electrons. The van der Waals surface area contributed by atoms with Gasteiger partial charge < -0.3 is 30.3 Å². The molecule has 0 saturated carbocycles. The zero-order valence-corrected chi connectivity index (χ0v) is 20.6. The molecule has 4 N–H and O–H groups in total. The standard InChI is InChI=1S/C24H27N5O7/c1-11-19(32)17(13(3)30)21-18(20(11)33)24(4)15(36-21)8-14(31)16(22(24)34)12(2)25-6-7-26-23-27-9-28-29(23)10-35-5/h8-9,25,32-33H,6-7,10H2,1-5H3,(H,26,27,28)/t24-/m0/s1. The molecule has 0 saturated heterocycles. The molecule has 0 unspecified atom stereocenters. The quantitative estimate of drug-likeness (QED) is 0.181. The Morgan fingerprint density at radius 2 is 1.94 bits per heavy atom. The van der Waals surface area contributed by atoms with Crippen molar-refractivity contribution >= 4 is 23.3 Å². The normalized spacial score (nSPS) is 19.9. The van der Waals surface area contributed by atoms with Gasteiger partial charge in [0.1, 0.15) is 47.0 Å². The first-order chi connectivity index (χ1) is 17.0. The number of aromatic nitrogens is 3. The monoisotopic (exact) mass is 497 g/mol. The molecule has 1 aliphatic heterocycles. The summed E-state index contributed by atoms with van der Waals surface area (Å²) in [6.07, 6.45) is 2.57. The van der Waals surface area contributed by atoms with Gasteiger partial charge in [0.25, 0.3) is 0 Å². The molecule has 0 spiro atoms. The lowest BCUT2D eigenvalue weighted by molar-refractivity contribution is -0.123. The summed E-state index contributed by atoms with van der Waals surface area (Å²) < 4.78 is 12.3. The fourth-order valence-corrected chi connectivity index (χ4v) is 4.49. The molecule has 2 aromatic rings. The van der Waals surface area contributed by atoms with E-state index in [0.717, 1.165) is 0 Å². The molecule has 190 valence electrons. The molecule has 0 bridgehead atoms. The largest absolute Gasteiger partial charge is 0.507 e. The highest BCUT2D eigenvalue weighted by Gasteiger charge is 2.56. The molecule has 1 aromatic carbocycles. The fourth-order valence-electron chi connectivity index (χ4n) is 4.49. The highest BCUT2D eigenvalue weighted by molar-refractivity contribution is 6.31. The number of carbonyl (C=O) groups is 3. The van der Waals surface area contributed by atoms with Crippen molar-refractivity contribution in [3.05, 3.63) is 46.1 Å². The van der Waals surface area contributed by atoms with Crippen LogP contribution >= 0.6 is 0 Å². The van der Waals surface area contributed by atoms with Crippen molar-refractivity contribution in [3.8, 4) is 17.2 Å². The third kappa shape index (κ3) is 3.70. The molecular formula is C24H27N5O7. The number of nitrogens with zero attached hydrogens (tertiary/aromatic N) is 3. The Morgan fingerprint density at radius 3 is 2.61 bits per heavy atom. The number of hydrogen-bond donors (Lipinski definition) is 4. The summed E-state index contributed by atoms with van der Waals surface area (Å²) in [4.78, 5) is 43.1. The van der Waals surface area contributed by atoms with Gasteiger partial charge in [-0.2, -0.15) is 10.1 Å². The van der Waals surface area contributed by atoms with E-state index in [2.05, 4.69) is 20.7 Å². The number of allylic oxidation sites excluding steroid dienone is 4. The van der Waals surface area contributed by atoms with Crippen LogP contribution in [0, 0.1) is 6.92 Å². The van der Waals surface area contributed by atoms with E-state index in [-0.39, 0.29) is 46.3 Å². The van der Waals surface area contributed by atoms with Crippen molar-refractivity contribution in [2.45, 2.75) is 39.8 Å². The van der Waals surface area contributed by atoms with Gasteiger partial charge >= 0.3 is 0 Å². The van der Waals surface area contributed by atoms with E-state index in [1.54, 1.807) is 14.0 Å². The van der Waals surface area contributed by atoms with Crippen LogP contribution in [0.3, 0.4) is 0 Å². The van der Waals surface area contributed by atoms with E-state index >= 15 is 0 Å². The highest BCUT2D eigenvalue weighted by atomic mass is 16.5. The van der Waals surface area contributed by atoms with Gasteiger partial charge in [0.15, 0.2) is 17.3 Å². The number of benzene rings is 1. The fraction of sp³-hybridized carbons (Fsp3) is 0.375. The van der Waals surface area contributed by atoms with Gasteiger partial charge in [0.05, 0.1) is 11.1 Å². The SMILES string of the molecule is COCn1ncnc1NCCNC(C)=C1C(=O)C=C2Oc3c(C(C)=O)c(O)c(C)c(O)c3[C@@]2(C)C1=O. The van der Waals surface area contributed by atoms with Gasteiger partial charge in [-0.3, -0.25) is 14.4 Å². The zero-order chi connectivity index (χ0) is 26.4. The van der Waals surface area contributed by atoms with E-state index in [4.69, 9.17) is 9.47 Å². The van der Waals surface area contributed by atoms with Crippen LogP contribution in [-0.4, -0.2) is 62.5 Å². The minimum absolute atomic E-state index is 0.00834. The molecule has 0 fully saturated rings. The summed E-state index contributed by atoms with van der Waals surface area (Å²) >= 11 is 0. The van der Waals surface area contributed by atoms with Crippen molar-refractivity contribution in [2.24, 2.45) is 0 Å². The number of nitrogens with one attached hydrogen (secondary N) is 2. The second-order valence-electron chi connectivity index (χ2n) is 8.74. The Balaban J connectivity index is 1.63. The molecule has 36 heavy (non-hydrogen) atoms. The number of Topliss-reactive ketones (excluding diaryl/α,β-unsaturated/α-hetero) is 2. The van der Waals surface area contributed by atoms with Gasteiger partial charge in [-0.1, -0.05) is 0 Å². The number of phenols is 2. The molecule has 1 aromatic heterocycles. The lowest BCUT2D eigenvalue weighted by Gasteiger charge is -2.29. The minimum atomic E-state index is -1.55. The number of methoxy groups -OCH3 is 1. The maximum absolute atomic E-state index is 13.8. The van der Waals surface area contributed by atoms with E-state index in [9.17, 15) is 24.6 Å². The van der Waals surface area contributed by atoms with Crippen LogP contribution in [0.25, 0.3) is 0 Å². The Bertz CT molecular complexity index is 1360. The minimum Gasteiger partial charge on any atom is -0.507 e. The predicted molar refractivity (Wildman–Crippen MR) is 127 cm³/mol. The Morgan fingerprint density at radius 1 is 1.22 bits per heavy atom. The van der Waals surface area contributed by atoms with Crippen LogP contribution in [0.5, 0.6) is 17.2 Å². The number of ketones is 3. The molecule has 4 rings (SSSR count). The third-order valence-corrected chi connectivity index (χ3v) is 6.42. The third-order valence-electron chi connectivity index (χ3n) is 6.42. The van der Waals surface area contributed by atoms with E-state index < -0.39 is 28.5 Å². The van der Waals surface area contributed by atoms with Crippen LogP contribution in [0.15, 0.2) is 29.4 Å². The van der Waals surface area contributed by atoms with Crippen molar-refractivity contribution < 1.29 is 34.1 Å². The number of carbonyl (C=O) groups excluding carboxylic acids is 3. The zero-order valence-electron chi connectivity index (χ0n) is 20.6. The topological polar surface area (TPSA) is 165 Å². The van der Waals surface area contributed by atoms with Crippen LogP contribution in [0.4, 0.5) is 5.95 Å². The molecule has 0 amide bonds. The first kappa shape index (κ1) is 24.9. The summed E-state index contributed by atoms with van der Waals surface area (Å²) in [6, 6.07) is 0. The van der Waals surface area contributed by atoms with Crippen molar-refractivity contribution in [1.29, 1.82) is 0 Å². The summed E-state index contributed by atoms with van der Waals surface area (Å²) in [6.45, 7) is 6.80. The predicted octanol–water partition coefficient (Wildman–Crippen LogP) is 1.47. The molecule has 1 aliphatic carbocycles. The Labute approximate surface area is 206 Å². The molecule has 12 heteroatoms. The number of anilines is 1. The summed E-state index contributed by atoms with van der Waals surface area (Å²) in [5.74, 6) is -2.07. The molecular weight excluding hydrogens is 470 g/mol. The van der Waals surface area contributed by atoms with Gasteiger partial charge in [-0.25, -0.2) is 4.68 Å². The average Bonchev–Trinajstić information content (AvgIpc) is 3.37. The Hall–Kier alpha value is -4.19. The number of fused-ring (bicyclic) bond motifs is 3. The first-order valence-corrected chi connectivity index (χ1v) is 11.2. The second-order valence-corrected chi connectivity index (χ2v) is 8.74. The van der Waals surface area contributed by atoms with E-state index in [0.29, 0.717) is 24.7 Å². The lowest BCUT2D eigenvalue weighted by Crippen LogP contribution is -2.41. The number of rotatable bonds is 8. The van der Waals surface area contributed by atoms with Gasteiger partial charge in [0.2, 0.25) is 5.95 Å². The number of phenolic OH excluding ortho intramolecular Hbond substituents is 2. The van der Waals surface area contributed by atoms with Crippen LogP contribution in [0.1, 0.15) is 42.3 Å². The first-order valence-electron chi connectivity index (χ1n) is 11.2. The molecule has 2 aliphatic rings. The number of hydrogen-bond acceptors (Lipinski definition) is 11. The van der Waals surface area contributed by atoms with Gasteiger partial charge in [0, 0.05) is 37.5 Å². The smallest absolute Gasteiger partial charge is 0.223 e. The summed E-state index contributed by atoms with van der Waals surface area (Å²) in [7, 11) is 1.54. The molecule has 12 nitrogen and oxygen atoms in total. The maximum atomic E-state index is 13.8. The lowest BCUT2D eigenvalue weighted by atomic mass is 9.70.